The lowest BCUT2D eigenvalue weighted by molar-refractivity contribution is -0.220. The highest BCUT2D eigenvalue weighted by atomic mass is 16.7. The number of carbonyl (C=O) groups excluding carboxylic acids is 15. The first-order valence-electron chi connectivity index (χ1n) is 28.2. The Hall–Kier alpha value is -10.7. The standard InChI is InChI=1S/C60H64O34/c1-24(61)79-42-18-58(92-33(10)70,19-43(80-25(2)62)51(42)85-30(7)67)55(76)89-39-14-13-36(15-40(39)90-56(77)59(93-34(11)71)20-44(81-26(3)63)52(86-31(8)68)45(21-59)82-27(4)64)50-54(49(75)48-38(74)16-37(73)17-41(48)88-50)91-57(78)60(94-35(12)72)22-46(83-28(5)65)53(87-32(9)69)47(23-60)84-29(6)66/h13-17,42-47,51-53,73-74H,18-23H2,1-12H3. The van der Waals surface area contributed by atoms with Gasteiger partial charge in [0, 0.05) is 139 Å². The first-order chi connectivity index (χ1) is 43.8. The van der Waals surface area contributed by atoms with E-state index in [1.54, 1.807) is 0 Å². The molecular weight excluding hydrogens is 1260 g/mol. The van der Waals surface area contributed by atoms with E-state index in [-0.39, 0.29) is 0 Å². The molecule has 3 saturated carbocycles. The number of hydrogen-bond donors (Lipinski definition) is 2. The van der Waals surface area contributed by atoms with Gasteiger partial charge in [-0.3, -0.25) is 62.3 Å². The van der Waals surface area contributed by atoms with E-state index < -0.39 is 256 Å². The Morgan fingerprint density at radius 3 is 0.979 bits per heavy atom. The summed E-state index contributed by atoms with van der Waals surface area (Å²) in [5, 5.41) is 21.0. The number of rotatable bonds is 19. The number of phenolic OH excluding ortho intramolecular Hbond substituents is 2. The quantitative estimate of drug-likeness (QED) is 0.0987. The fourth-order valence-electron chi connectivity index (χ4n) is 11.2. The molecule has 0 aliphatic heterocycles. The molecule has 3 aliphatic carbocycles. The van der Waals surface area contributed by atoms with Crippen LogP contribution in [-0.4, -0.2) is 171 Å². The second kappa shape index (κ2) is 29.3. The first-order valence-corrected chi connectivity index (χ1v) is 28.2. The van der Waals surface area contributed by atoms with Gasteiger partial charge in [0.1, 0.15) is 59.1 Å². The fraction of sp³-hybridized carbons (Fsp3) is 0.500. The molecule has 34 heteroatoms. The predicted octanol–water partition coefficient (Wildman–Crippen LogP) is 2.26. The van der Waals surface area contributed by atoms with Gasteiger partial charge in [-0.05, 0) is 18.2 Å². The zero-order valence-electron chi connectivity index (χ0n) is 52.3. The third-order valence-electron chi connectivity index (χ3n) is 14.1. The highest BCUT2D eigenvalue weighted by Crippen LogP contribution is 2.46. The van der Waals surface area contributed by atoms with Crippen LogP contribution in [0.2, 0.25) is 0 Å². The van der Waals surface area contributed by atoms with Crippen LogP contribution in [0.25, 0.3) is 22.3 Å². The first kappa shape index (κ1) is 72.4. The second-order valence-electron chi connectivity index (χ2n) is 21.9. The van der Waals surface area contributed by atoms with E-state index in [0.717, 1.165) is 101 Å². The molecular formula is C60H64O34. The number of carbonyl (C=O) groups is 15. The minimum atomic E-state index is -2.82. The molecule has 6 rings (SSSR count). The van der Waals surface area contributed by atoms with Crippen LogP contribution in [0.1, 0.15) is 122 Å². The summed E-state index contributed by atoms with van der Waals surface area (Å²) in [7, 11) is 0. The lowest BCUT2D eigenvalue weighted by Gasteiger charge is -2.44. The molecule has 2 aromatic carbocycles. The van der Waals surface area contributed by atoms with Crippen LogP contribution in [0.15, 0.2) is 39.5 Å². The summed E-state index contributed by atoms with van der Waals surface area (Å²) >= 11 is 0. The van der Waals surface area contributed by atoms with E-state index in [2.05, 4.69) is 0 Å². The van der Waals surface area contributed by atoms with Crippen LogP contribution in [0.4, 0.5) is 0 Å². The van der Waals surface area contributed by atoms with Gasteiger partial charge in [-0.1, -0.05) is 0 Å². The van der Waals surface area contributed by atoms with E-state index in [1.807, 2.05) is 0 Å². The zero-order chi connectivity index (χ0) is 70.2. The zero-order valence-corrected chi connectivity index (χ0v) is 52.3. The van der Waals surface area contributed by atoms with Crippen LogP contribution in [0.5, 0.6) is 28.7 Å². The van der Waals surface area contributed by atoms with Crippen LogP contribution in [0, 0.1) is 0 Å². The maximum Gasteiger partial charge on any atom is 0.356 e. The number of fused-ring (bicyclic) bond motifs is 1. The maximum atomic E-state index is 15.3. The Labute approximate surface area is 530 Å². The maximum absolute atomic E-state index is 15.3. The molecule has 6 atom stereocenters. The Bertz CT molecular complexity index is 3590. The monoisotopic (exact) mass is 1330 g/mol. The molecule has 1 aromatic heterocycles. The number of esters is 15. The normalized spacial score (nSPS) is 25.3. The van der Waals surface area contributed by atoms with Crippen molar-refractivity contribution >= 4 is 101 Å². The van der Waals surface area contributed by atoms with Gasteiger partial charge in [0.25, 0.3) is 0 Å². The molecule has 3 aromatic rings. The van der Waals surface area contributed by atoms with Crippen molar-refractivity contribution in [2.75, 3.05) is 0 Å². The van der Waals surface area contributed by atoms with Gasteiger partial charge in [0.2, 0.25) is 28.0 Å². The van der Waals surface area contributed by atoms with E-state index in [4.69, 9.17) is 75.5 Å². The summed E-state index contributed by atoms with van der Waals surface area (Å²) in [6, 6.07) is 3.82. The van der Waals surface area contributed by atoms with Crippen molar-refractivity contribution < 1.29 is 158 Å². The average molecular weight is 1330 g/mol. The van der Waals surface area contributed by atoms with Gasteiger partial charge >= 0.3 is 89.5 Å². The van der Waals surface area contributed by atoms with Crippen molar-refractivity contribution in [3.05, 3.63) is 40.6 Å². The smallest absolute Gasteiger partial charge is 0.356 e. The molecule has 0 spiro atoms. The van der Waals surface area contributed by atoms with E-state index in [1.165, 1.54) is 0 Å². The van der Waals surface area contributed by atoms with Crippen molar-refractivity contribution in [2.24, 2.45) is 0 Å². The number of ether oxygens (including phenoxy) is 15. The highest BCUT2D eigenvalue weighted by molar-refractivity contribution is 5.93. The van der Waals surface area contributed by atoms with Gasteiger partial charge in [-0.25, -0.2) is 14.4 Å². The fourth-order valence-corrected chi connectivity index (χ4v) is 11.2. The number of phenols is 2. The molecule has 3 fully saturated rings. The van der Waals surface area contributed by atoms with Gasteiger partial charge < -0.3 is 85.7 Å². The predicted molar refractivity (Wildman–Crippen MR) is 299 cm³/mol. The van der Waals surface area contributed by atoms with Crippen molar-refractivity contribution in [1.29, 1.82) is 0 Å². The van der Waals surface area contributed by atoms with Crippen LogP contribution in [0.3, 0.4) is 0 Å². The van der Waals surface area contributed by atoms with Crippen molar-refractivity contribution in [3.8, 4) is 40.1 Å². The summed E-state index contributed by atoms with van der Waals surface area (Å²) in [5.41, 5.74) is -11.2. The highest BCUT2D eigenvalue weighted by Gasteiger charge is 2.61. The molecule has 94 heavy (non-hydrogen) atoms. The van der Waals surface area contributed by atoms with Crippen LogP contribution < -0.4 is 19.6 Å². The largest absolute Gasteiger partial charge is 0.508 e. The Kier molecular flexibility index (Phi) is 22.5. The second-order valence-corrected chi connectivity index (χ2v) is 21.9. The van der Waals surface area contributed by atoms with Crippen molar-refractivity contribution in [2.45, 2.75) is 193 Å². The SMILES string of the molecule is CC(=O)OC1CC(OC(C)=O)(C(=O)Oc2ccc(-c3oc4cc(O)cc(O)c4c(=O)c3OC(=O)C3(OC(C)=O)CC(OC(C)=O)C(OC(C)=O)C(OC(C)=O)C3)cc2OC(=O)C2(OC(C)=O)CC(OC(C)=O)C(OC(C)=O)C(OC(C)=O)C2)CC(OC(C)=O)C1OC(C)=O. The van der Waals surface area contributed by atoms with Crippen LogP contribution in [-0.2, 0) is 129 Å². The molecule has 508 valence electrons. The molecule has 0 amide bonds. The molecule has 34 nitrogen and oxygen atoms in total. The molecule has 6 unspecified atom stereocenters. The summed E-state index contributed by atoms with van der Waals surface area (Å²) in [5.74, 6) is -24.3. The molecule has 2 N–H and O–H groups in total. The van der Waals surface area contributed by atoms with Crippen molar-refractivity contribution in [3.63, 3.8) is 0 Å². The van der Waals surface area contributed by atoms with Gasteiger partial charge in [-0.15, -0.1) is 0 Å². The lowest BCUT2D eigenvalue weighted by atomic mass is 9.78. The molecule has 3 aliphatic rings. The Morgan fingerprint density at radius 1 is 0.383 bits per heavy atom. The summed E-state index contributed by atoms with van der Waals surface area (Å²) in [6.45, 7) is 10.7. The molecule has 1 heterocycles. The van der Waals surface area contributed by atoms with Crippen LogP contribution >= 0.6 is 0 Å². The minimum Gasteiger partial charge on any atom is -0.508 e. The average Bonchev–Trinajstić information content (AvgIpc) is 0.764. The van der Waals surface area contributed by atoms with Gasteiger partial charge in [-0.2, -0.15) is 0 Å². The Balaban J connectivity index is 1.66. The van der Waals surface area contributed by atoms with E-state index in [0.29, 0.717) is 12.1 Å². The topological polar surface area (TPSA) is 465 Å². The summed E-state index contributed by atoms with van der Waals surface area (Å²) < 4.78 is 89.3. The third kappa shape index (κ3) is 17.5. The number of aromatic hydroxyl groups is 2. The lowest BCUT2D eigenvalue weighted by Crippen LogP contribution is -2.61. The summed E-state index contributed by atoms with van der Waals surface area (Å²) in [6.07, 6.45) is -21.6. The molecule has 0 radical (unpaired) electrons. The van der Waals surface area contributed by atoms with E-state index in [9.17, 15) is 72.5 Å². The molecule has 0 saturated heterocycles. The minimum absolute atomic E-state index is 0.625. The van der Waals surface area contributed by atoms with E-state index >= 15 is 14.4 Å². The summed E-state index contributed by atoms with van der Waals surface area (Å²) in [4.78, 5) is 213. The van der Waals surface area contributed by atoms with Gasteiger partial charge in [0.15, 0.2) is 35.6 Å². The molecule has 0 bridgehead atoms. The van der Waals surface area contributed by atoms with Crippen molar-refractivity contribution in [1.82, 2.24) is 0 Å². The Morgan fingerprint density at radius 2 is 0.681 bits per heavy atom. The van der Waals surface area contributed by atoms with Gasteiger partial charge in [0.05, 0.1) is 0 Å². The number of hydrogen-bond acceptors (Lipinski definition) is 34. The number of benzene rings is 2. The third-order valence-corrected chi connectivity index (χ3v) is 14.1.